The summed E-state index contributed by atoms with van der Waals surface area (Å²) in [6.07, 6.45) is 2.64. The second-order valence-electron chi connectivity index (χ2n) is 3.56. The van der Waals surface area contributed by atoms with Crippen molar-refractivity contribution in [1.29, 1.82) is 0 Å². The molecule has 18 heavy (non-hydrogen) atoms. The molecule has 0 aliphatic rings. The summed E-state index contributed by atoms with van der Waals surface area (Å²) in [4.78, 5) is 15.3. The Bertz CT molecular complexity index is 585. The molecule has 0 atom stereocenters. The summed E-state index contributed by atoms with van der Waals surface area (Å²) in [6, 6.07) is 5.34. The maximum absolute atomic E-state index is 11.2. The number of benzene rings is 1. The van der Waals surface area contributed by atoms with Gasteiger partial charge in [-0.3, -0.25) is 0 Å². The lowest BCUT2D eigenvalue weighted by Crippen LogP contribution is -2.02. The van der Waals surface area contributed by atoms with E-state index in [1.54, 1.807) is 32.0 Å². The van der Waals surface area contributed by atoms with Crippen molar-refractivity contribution in [2.75, 3.05) is 6.61 Å². The van der Waals surface area contributed by atoms with E-state index in [9.17, 15) is 4.79 Å². The first-order chi connectivity index (χ1) is 8.70. The summed E-state index contributed by atoms with van der Waals surface area (Å²) in [5, 5.41) is 0. The Balaban J connectivity index is 2.18. The number of carbonyl (C=O) groups is 1. The average Bonchev–Trinajstić information content (AvgIpc) is 2.78. The lowest BCUT2D eigenvalue weighted by molar-refractivity contribution is -0.137. The van der Waals surface area contributed by atoms with E-state index in [-0.39, 0.29) is 0 Å². The molecule has 0 bridgehead atoms. The fourth-order valence-corrected chi connectivity index (χ4v) is 1.50. The van der Waals surface area contributed by atoms with Crippen LogP contribution in [0.4, 0.5) is 0 Å². The Hall–Kier alpha value is -2.30. The number of hydrogen-bond donors (Lipinski definition) is 0. The van der Waals surface area contributed by atoms with Gasteiger partial charge in [0.15, 0.2) is 23.2 Å². The van der Waals surface area contributed by atoms with Crippen LogP contribution in [0, 0.1) is 0 Å². The van der Waals surface area contributed by atoms with Gasteiger partial charge in [0.2, 0.25) is 0 Å². The SMILES string of the molecule is CCOC(=O)C=C(C)Oc1cccc2ocnc12. The Labute approximate surface area is 104 Å². The summed E-state index contributed by atoms with van der Waals surface area (Å²) < 4.78 is 15.5. The van der Waals surface area contributed by atoms with Crippen LogP contribution in [0.1, 0.15) is 13.8 Å². The molecule has 1 aromatic heterocycles. The number of fused-ring (bicyclic) bond motifs is 1. The molecule has 0 saturated carbocycles. The predicted molar refractivity (Wildman–Crippen MR) is 65.0 cm³/mol. The summed E-state index contributed by atoms with van der Waals surface area (Å²) in [7, 11) is 0. The molecule has 1 aromatic carbocycles. The molecular formula is C13H13NO4. The Morgan fingerprint density at radius 2 is 2.33 bits per heavy atom. The van der Waals surface area contributed by atoms with Crippen molar-refractivity contribution >= 4 is 17.1 Å². The first-order valence-corrected chi connectivity index (χ1v) is 5.56. The van der Waals surface area contributed by atoms with Crippen LogP contribution in [-0.4, -0.2) is 17.6 Å². The fraction of sp³-hybridized carbons (Fsp3) is 0.231. The van der Waals surface area contributed by atoms with Gasteiger partial charge in [-0.2, -0.15) is 0 Å². The number of aromatic nitrogens is 1. The Kier molecular flexibility index (Phi) is 3.62. The van der Waals surface area contributed by atoms with E-state index < -0.39 is 5.97 Å². The second kappa shape index (κ2) is 5.35. The van der Waals surface area contributed by atoms with E-state index in [2.05, 4.69) is 4.98 Å². The minimum atomic E-state index is -0.428. The first-order valence-electron chi connectivity index (χ1n) is 5.56. The predicted octanol–water partition coefficient (Wildman–Crippen LogP) is 2.67. The molecule has 5 heteroatoms. The highest BCUT2D eigenvalue weighted by atomic mass is 16.5. The number of ether oxygens (including phenoxy) is 2. The molecule has 0 amide bonds. The van der Waals surface area contributed by atoms with Crippen molar-refractivity contribution in [3.05, 3.63) is 36.4 Å². The molecule has 0 aliphatic carbocycles. The van der Waals surface area contributed by atoms with Gasteiger partial charge in [-0.15, -0.1) is 0 Å². The van der Waals surface area contributed by atoms with Gasteiger partial charge >= 0.3 is 5.97 Å². The molecule has 1 heterocycles. The van der Waals surface area contributed by atoms with Crippen LogP contribution in [0.3, 0.4) is 0 Å². The molecule has 94 valence electrons. The Morgan fingerprint density at radius 3 is 3.11 bits per heavy atom. The minimum absolute atomic E-state index is 0.335. The van der Waals surface area contributed by atoms with Gasteiger partial charge < -0.3 is 13.9 Å². The maximum atomic E-state index is 11.2. The van der Waals surface area contributed by atoms with Gasteiger partial charge in [0.1, 0.15) is 5.76 Å². The molecule has 0 unspecified atom stereocenters. The smallest absolute Gasteiger partial charge is 0.334 e. The van der Waals surface area contributed by atoms with Gasteiger partial charge in [-0.1, -0.05) is 6.07 Å². The normalized spacial score (nSPS) is 11.6. The molecule has 2 rings (SSSR count). The van der Waals surface area contributed by atoms with Crippen molar-refractivity contribution in [3.8, 4) is 5.75 Å². The monoisotopic (exact) mass is 247 g/mol. The van der Waals surface area contributed by atoms with Crippen molar-refractivity contribution in [3.63, 3.8) is 0 Å². The average molecular weight is 247 g/mol. The lowest BCUT2D eigenvalue weighted by atomic mass is 10.3. The molecule has 0 spiro atoms. The van der Waals surface area contributed by atoms with E-state index in [1.165, 1.54) is 12.5 Å². The minimum Gasteiger partial charge on any atom is -0.463 e. The summed E-state index contributed by atoms with van der Waals surface area (Å²) >= 11 is 0. The van der Waals surface area contributed by atoms with Crippen molar-refractivity contribution in [2.45, 2.75) is 13.8 Å². The van der Waals surface area contributed by atoms with Gasteiger partial charge in [-0.05, 0) is 26.0 Å². The van der Waals surface area contributed by atoms with Crippen LogP contribution in [0.2, 0.25) is 0 Å². The van der Waals surface area contributed by atoms with Gasteiger partial charge in [0.25, 0.3) is 0 Å². The van der Waals surface area contributed by atoms with Crippen LogP contribution >= 0.6 is 0 Å². The van der Waals surface area contributed by atoms with Crippen LogP contribution < -0.4 is 4.74 Å². The molecule has 0 aliphatic heterocycles. The van der Waals surface area contributed by atoms with Crippen LogP contribution in [0.25, 0.3) is 11.1 Å². The molecule has 2 aromatic rings. The van der Waals surface area contributed by atoms with E-state index >= 15 is 0 Å². The highest BCUT2D eigenvalue weighted by molar-refractivity contribution is 5.83. The number of allylic oxidation sites excluding steroid dienone is 1. The molecular weight excluding hydrogens is 234 g/mol. The standard InChI is InChI=1S/C13H13NO4/c1-3-16-12(15)7-9(2)18-11-6-4-5-10-13(11)14-8-17-10/h4-8H,3H2,1-2H3. The topological polar surface area (TPSA) is 61.6 Å². The van der Waals surface area contributed by atoms with Gasteiger partial charge in [-0.25, -0.2) is 9.78 Å². The highest BCUT2D eigenvalue weighted by Gasteiger charge is 2.07. The van der Waals surface area contributed by atoms with Gasteiger partial charge in [0, 0.05) is 0 Å². The molecule has 0 N–H and O–H groups in total. The zero-order chi connectivity index (χ0) is 13.0. The molecule has 5 nitrogen and oxygen atoms in total. The number of carbonyl (C=O) groups excluding carboxylic acids is 1. The highest BCUT2D eigenvalue weighted by Crippen LogP contribution is 2.25. The van der Waals surface area contributed by atoms with Crippen molar-refractivity contribution in [1.82, 2.24) is 4.98 Å². The number of esters is 1. The van der Waals surface area contributed by atoms with E-state index in [1.807, 2.05) is 0 Å². The summed E-state index contributed by atoms with van der Waals surface area (Å²) in [5.41, 5.74) is 1.26. The zero-order valence-corrected chi connectivity index (χ0v) is 10.2. The lowest BCUT2D eigenvalue weighted by Gasteiger charge is -2.05. The Morgan fingerprint density at radius 1 is 1.50 bits per heavy atom. The molecule has 0 radical (unpaired) electrons. The van der Waals surface area contributed by atoms with E-state index in [0.717, 1.165) is 0 Å². The number of para-hydroxylation sites is 1. The maximum Gasteiger partial charge on any atom is 0.334 e. The largest absolute Gasteiger partial charge is 0.463 e. The number of oxazole rings is 1. The number of rotatable bonds is 4. The third kappa shape index (κ3) is 2.68. The number of hydrogen-bond acceptors (Lipinski definition) is 5. The summed E-state index contributed by atoms with van der Waals surface area (Å²) in [5.74, 6) is 0.547. The third-order valence-corrected chi connectivity index (χ3v) is 2.20. The van der Waals surface area contributed by atoms with Crippen molar-refractivity contribution in [2.24, 2.45) is 0 Å². The van der Waals surface area contributed by atoms with Crippen molar-refractivity contribution < 1.29 is 18.7 Å². The third-order valence-electron chi connectivity index (χ3n) is 2.20. The van der Waals surface area contributed by atoms with Gasteiger partial charge in [0.05, 0.1) is 12.7 Å². The van der Waals surface area contributed by atoms with Crippen LogP contribution in [-0.2, 0) is 9.53 Å². The van der Waals surface area contributed by atoms with Crippen LogP contribution in [0.15, 0.2) is 40.8 Å². The van der Waals surface area contributed by atoms with E-state index in [4.69, 9.17) is 13.9 Å². The second-order valence-corrected chi connectivity index (χ2v) is 3.56. The zero-order valence-electron chi connectivity index (χ0n) is 10.2. The fourth-order valence-electron chi connectivity index (χ4n) is 1.50. The summed E-state index contributed by atoms with van der Waals surface area (Å²) in [6.45, 7) is 3.76. The molecule has 0 fully saturated rings. The molecule has 0 saturated heterocycles. The van der Waals surface area contributed by atoms with Crippen LogP contribution in [0.5, 0.6) is 5.75 Å². The first kappa shape index (κ1) is 12.2. The quantitative estimate of drug-likeness (QED) is 0.472. The number of nitrogens with zero attached hydrogens (tertiary/aromatic N) is 1. The van der Waals surface area contributed by atoms with E-state index in [0.29, 0.717) is 29.2 Å².